The van der Waals surface area contributed by atoms with E-state index >= 15 is 0 Å². The fraction of sp³-hybridized carbons (Fsp3) is 0.0400. The molecule has 0 amide bonds. The van der Waals surface area contributed by atoms with Crippen LogP contribution < -0.4 is 27.7 Å². The van der Waals surface area contributed by atoms with Gasteiger partial charge in [-0.25, -0.2) is 0 Å². The van der Waals surface area contributed by atoms with Crippen molar-refractivity contribution < 1.29 is 4.74 Å². The van der Waals surface area contributed by atoms with Crippen LogP contribution in [0.3, 0.4) is 0 Å². The summed E-state index contributed by atoms with van der Waals surface area (Å²) < 4.78 is 5.93. The van der Waals surface area contributed by atoms with Gasteiger partial charge in [0.05, 0.1) is 5.69 Å². The van der Waals surface area contributed by atoms with Crippen LogP contribution in [0.5, 0.6) is 11.5 Å². The van der Waals surface area contributed by atoms with E-state index < -0.39 is 0 Å². The van der Waals surface area contributed by atoms with E-state index in [2.05, 4.69) is 36.4 Å². The third kappa shape index (κ3) is 4.15. The zero-order valence-corrected chi connectivity index (χ0v) is 16.5. The molecule has 0 heterocycles. The number of nitrogen functional groups attached to an aromatic ring is 4. The zero-order valence-electron chi connectivity index (χ0n) is 16.5. The highest BCUT2D eigenvalue weighted by Gasteiger charge is 2.17. The van der Waals surface area contributed by atoms with Crippen LogP contribution in [0.25, 0.3) is 0 Å². The molecule has 4 aromatic carbocycles. The molecular formula is C25H24N4O. The molecule has 0 saturated carbocycles. The van der Waals surface area contributed by atoms with E-state index in [0.717, 1.165) is 28.1 Å². The predicted octanol–water partition coefficient (Wildman–Crippen LogP) is 4.99. The van der Waals surface area contributed by atoms with Crippen molar-refractivity contribution >= 4 is 22.7 Å². The maximum absolute atomic E-state index is 6.00. The minimum atomic E-state index is 0.0434. The molecule has 0 saturated heterocycles. The lowest BCUT2D eigenvalue weighted by Gasteiger charge is -2.20. The Morgan fingerprint density at radius 2 is 0.933 bits per heavy atom. The number of rotatable bonds is 5. The van der Waals surface area contributed by atoms with Crippen LogP contribution in [-0.4, -0.2) is 0 Å². The van der Waals surface area contributed by atoms with E-state index in [1.165, 1.54) is 0 Å². The summed E-state index contributed by atoms with van der Waals surface area (Å²) >= 11 is 0. The van der Waals surface area contributed by atoms with E-state index in [-0.39, 0.29) is 5.92 Å². The van der Waals surface area contributed by atoms with Crippen LogP contribution >= 0.6 is 0 Å². The molecule has 0 aromatic heterocycles. The Kier molecular flexibility index (Phi) is 5.18. The largest absolute Gasteiger partial charge is 0.455 e. The van der Waals surface area contributed by atoms with Gasteiger partial charge in [0.25, 0.3) is 0 Å². The molecule has 0 radical (unpaired) electrons. The molecule has 0 fully saturated rings. The summed E-state index contributed by atoms with van der Waals surface area (Å²) in [6, 6.07) is 29.1. The van der Waals surface area contributed by atoms with E-state index in [9.17, 15) is 0 Å². The molecule has 0 spiro atoms. The predicted molar refractivity (Wildman–Crippen MR) is 124 cm³/mol. The molecule has 150 valence electrons. The fourth-order valence-corrected chi connectivity index (χ4v) is 3.47. The third-order valence-electron chi connectivity index (χ3n) is 5.01. The lowest BCUT2D eigenvalue weighted by atomic mass is 9.85. The second-order valence-electron chi connectivity index (χ2n) is 7.23. The van der Waals surface area contributed by atoms with Crippen LogP contribution in [0.2, 0.25) is 0 Å². The SMILES string of the molecule is Nc1ccc(C(c2ccc(N)cc2)c2ccc(Oc3ccc(N)cc3N)cc2)cc1. The van der Waals surface area contributed by atoms with Crippen molar-refractivity contribution in [2.45, 2.75) is 5.92 Å². The molecule has 5 heteroatoms. The first-order valence-electron chi connectivity index (χ1n) is 9.63. The van der Waals surface area contributed by atoms with Gasteiger partial charge >= 0.3 is 0 Å². The first-order valence-corrected chi connectivity index (χ1v) is 9.63. The summed E-state index contributed by atoms with van der Waals surface area (Å²) in [6.07, 6.45) is 0. The molecule has 0 aliphatic rings. The van der Waals surface area contributed by atoms with E-state index in [4.69, 9.17) is 27.7 Å². The monoisotopic (exact) mass is 396 g/mol. The first-order chi connectivity index (χ1) is 14.5. The van der Waals surface area contributed by atoms with Crippen LogP contribution in [0.15, 0.2) is 91.0 Å². The summed E-state index contributed by atoms with van der Waals surface area (Å²) in [4.78, 5) is 0. The van der Waals surface area contributed by atoms with Gasteiger partial charge < -0.3 is 27.7 Å². The Hall–Kier alpha value is -4.12. The summed E-state index contributed by atoms with van der Waals surface area (Å²) in [5, 5.41) is 0. The molecular weight excluding hydrogens is 372 g/mol. The van der Waals surface area contributed by atoms with Crippen LogP contribution in [0.1, 0.15) is 22.6 Å². The van der Waals surface area contributed by atoms with Gasteiger partial charge in [-0.15, -0.1) is 0 Å². The lowest BCUT2D eigenvalue weighted by Crippen LogP contribution is -2.04. The Bertz CT molecular complexity index is 1090. The minimum Gasteiger partial charge on any atom is -0.455 e. The molecule has 0 unspecified atom stereocenters. The first kappa shape index (κ1) is 19.2. The lowest BCUT2D eigenvalue weighted by molar-refractivity contribution is 0.485. The summed E-state index contributed by atoms with van der Waals surface area (Å²) in [6.45, 7) is 0. The molecule has 30 heavy (non-hydrogen) atoms. The zero-order chi connectivity index (χ0) is 21.1. The third-order valence-corrected chi connectivity index (χ3v) is 5.01. The van der Waals surface area contributed by atoms with Gasteiger partial charge in [0.1, 0.15) is 11.5 Å². The Morgan fingerprint density at radius 1 is 0.500 bits per heavy atom. The van der Waals surface area contributed by atoms with Crippen molar-refractivity contribution in [1.82, 2.24) is 0 Å². The van der Waals surface area contributed by atoms with Crippen molar-refractivity contribution in [3.63, 3.8) is 0 Å². The molecule has 8 N–H and O–H groups in total. The fourth-order valence-electron chi connectivity index (χ4n) is 3.47. The molecule has 0 atom stereocenters. The van der Waals surface area contributed by atoms with Crippen molar-refractivity contribution in [3.05, 3.63) is 108 Å². The molecule has 0 aliphatic carbocycles. The Labute approximate surface area is 175 Å². The maximum atomic E-state index is 6.00. The van der Waals surface area contributed by atoms with Crippen molar-refractivity contribution in [2.24, 2.45) is 0 Å². The highest BCUT2D eigenvalue weighted by atomic mass is 16.5. The van der Waals surface area contributed by atoms with Crippen molar-refractivity contribution in [1.29, 1.82) is 0 Å². The average molecular weight is 396 g/mol. The van der Waals surface area contributed by atoms with Gasteiger partial charge in [-0.2, -0.15) is 0 Å². The standard InChI is InChI=1S/C25H24N4O/c26-19-7-1-16(2-8-19)25(17-3-9-20(27)10-4-17)18-5-12-22(13-6-18)30-24-14-11-21(28)15-23(24)29/h1-15,25H,26-29H2. The molecule has 0 bridgehead atoms. The van der Waals surface area contributed by atoms with E-state index in [1.54, 1.807) is 18.2 Å². The van der Waals surface area contributed by atoms with Crippen LogP contribution in [0.4, 0.5) is 22.7 Å². The van der Waals surface area contributed by atoms with Crippen molar-refractivity contribution in [3.8, 4) is 11.5 Å². The number of ether oxygens (including phenoxy) is 1. The smallest absolute Gasteiger partial charge is 0.150 e. The topological polar surface area (TPSA) is 113 Å². The Balaban J connectivity index is 1.67. The quantitative estimate of drug-likeness (QED) is 0.280. The number of benzene rings is 4. The summed E-state index contributed by atoms with van der Waals surface area (Å²) in [5.74, 6) is 1.32. The number of anilines is 4. The normalized spacial score (nSPS) is 10.8. The molecule has 5 nitrogen and oxygen atoms in total. The summed E-state index contributed by atoms with van der Waals surface area (Å²) in [7, 11) is 0. The molecule has 4 rings (SSSR count). The van der Waals surface area contributed by atoms with Gasteiger partial charge in [-0.1, -0.05) is 36.4 Å². The Morgan fingerprint density at radius 3 is 1.40 bits per heavy atom. The van der Waals surface area contributed by atoms with Crippen LogP contribution in [-0.2, 0) is 0 Å². The van der Waals surface area contributed by atoms with Gasteiger partial charge in [-0.05, 0) is 71.3 Å². The van der Waals surface area contributed by atoms with Gasteiger partial charge in [0.15, 0.2) is 0 Å². The second-order valence-corrected chi connectivity index (χ2v) is 7.23. The number of nitrogens with two attached hydrogens (primary N) is 4. The maximum Gasteiger partial charge on any atom is 0.150 e. The minimum absolute atomic E-state index is 0.0434. The molecule has 4 aromatic rings. The van der Waals surface area contributed by atoms with E-state index in [1.807, 2.05) is 36.4 Å². The second kappa shape index (κ2) is 8.09. The highest BCUT2D eigenvalue weighted by molar-refractivity contribution is 5.61. The average Bonchev–Trinajstić information content (AvgIpc) is 2.74. The number of hydrogen-bond acceptors (Lipinski definition) is 5. The number of hydrogen-bond donors (Lipinski definition) is 4. The molecule has 0 aliphatic heterocycles. The van der Waals surface area contributed by atoms with Gasteiger partial charge in [-0.3, -0.25) is 0 Å². The van der Waals surface area contributed by atoms with Crippen molar-refractivity contribution in [2.75, 3.05) is 22.9 Å². The van der Waals surface area contributed by atoms with E-state index in [0.29, 0.717) is 22.9 Å². The highest BCUT2D eigenvalue weighted by Crippen LogP contribution is 2.35. The van der Waals surface area contributed by atoms with Gasteiger partial charge in [0.2, 0.25) is 0 Å². The summed E-state index contributed by atoms with van der Waals surface area (Å²) in [5.41, 5.74) is 29.5. The van der Waals surface area contributed by atoms with Crippen LogP contribution in [0, 0.1) is 0 Å². The van der Waals surface area contributed by atoms with Gasteiger partial charge in [0, 0.05) is 23.0 Å².